The third-order valence-electron chi connectivity index (χ3n) is 2.21. The van der Waals surface area contributed by atoms with Gasteiger partial charge in [-0.1, -0.05) is 18.2 Å². The largest absolute Gasteiger partial charge is 0.323 e. The number of amides is 2. The first kappa shape index (κ1) is 12.6. The van der Waals surface area contributed by atoms with Crippen LogP contribution in [0.3, 0.4) is 0 Å². The zero-order valence-electron chi connectivity index (χ0n) is 9.28. The summed E-state index contributed by atoms with van der Waals surface area (Å²) in [6, 6.07) is 12.7. The van der Waals surface area contributed by atoms with Crippen LogP contribution >= 0.6 is 15.9 Å². The number of urea groups is 1. The predicted octanol–water partition coefficient (Wildman–Crippen LogP) is 4.23. The maximum Gasteiger partial charge on any atom is 0.323 e. The summed E-state index contributed by atoms with van der Waals surface area (Å²) in [4.78, 5) is 11.7. The molecule has 2 amide bonds. The summed E-state index contributed by atoms with van der Waals surface area (Å²) in [5.41, 5.74) is 1.05. The van der Waals surface area contributed by atoms with Crippen LogP contribution in [0.25, 0.3) is 0 Å². The number of halogens is 2. The predicted molar refractivity (Wildman–Crippen MR) is 73.2 cm³/mol. The van der Waals surface area contributed by atoms with Crippen molar-refractivity contribution in [2.24, 2.45) is 0 Å². The number of para-hydroxylation sites is 1. The van der Waals surface area contributed by atoms with E-state index in [2.05, 4.69) is 26.6 Å². The van der Waals surface area contributed by atoms with Crippen LogP contribution in [0.4, 0.5) is 20.6 Å². The average Bonchev–Trinajstić information content (AvgIpc) is 2.35. The monoisotopic (exact) mass is 308 g/mol. The van der Waals surface area contributed by atoms with Gasteiger partial charge in [-0.25, -0.2) is 9.18 Å². The van der Waals surface area contributed by atoms with Crippen LogP contribution in [0.1, 0.15) is 0 Å². The van der Waals surface area contributed by atoms with Gasteiger partial charge in [0.1, 0.15) is 5.82 Å². The smallest absolute Gasteiger partial charge is 0.308 e. The third-order valence-corrected chi connectivity index (χ3v) is 2.90. The normalized spacial score (nSPS) is 9.89. The van der Waals surface area contributed by atoms with E-state index in [-0.39, 0.29) is 0 Å². The van der Waals surface area contributed by atoms with Crippen molar-refractivity contribution in [2.45, 2.75) is 0 Å². The quantitative estimate of drug-likeness (QED) is 0.856. The van der Waals surface area contributed by atoms with Crippen molar-refractivity contribution in [1.82, 2.24) is 0 Å². The van der Waals surface area contributed by atoms with Gasteiger partial charge in [-0.05, 0) is 46.3 Å². The van der Waals surface area contributed by atoms with Crippen LogP contribution in [-0.4, -0.2) is 6.03 Å². The second kappa shape index (κ2) is 5.64. The van der Waals surface area contributed by atoms with E-state index in [1.54, 1.807) is 12.1 Å². The van der Waals surface area contributed by atoms with Gasteiger partial charge in [-0.2, -0.15) is 0 Å². The summed E-state index contributed by atoms with van der Waals surface area (Å²) < 4.78 is 13.6. The van der Waals surface area contributed by atoms with E-state index in [1.165, 1.54) is 18.2 Å². The van der Waals surface area contributed by atoms with Crippen molar-refractivity contribution >= 4 is 33.3 Å². The number of rotatable bonds is 2. The van der Waals surface area contributed by atoms with Gasteiger partial charge in [-0.15, -0.1) is 0 Å². The third kappa shape index (κ3) is 3.30. The number of carbonyl (C=O) groups is 1. The fraction of sp³-hybridized carbons (Fsp3) is 0. The first-order chi connectivity index (χ1) is 8.65. The Kier molecular flexibility index (Phi) is 3.94. The zero-order chi connectivity index (χ0) is 13.0. The Labute approximate surface area is 112 Å². The molecule has 0 bridgehead atoms. The highest BCUT2D eigenvalue weighted by Crippen LogP contribution is 2.23. The number of hydrogen-bond acceptors (Lipinski definition) is 1. The van der Waals surface area contributed by atoms with E-state index in [0.717, 1.165) is 0 Å². The molecule has 0 spiro atoms. The summed E-state index contributed by atoms with van der Waals surface area (Å²) in [6.07, 6.45) is 0. The van der Waals surface area contributed by atoms with Gasteiger partial charge >= 0.3 is 6.03 Å². The molecule has 0 heterocycles. The Balaban J connectivity index is 2.05. The molecule has 0 atom stereocenters. The van der Waals surface area contributed by atoms with E-state index in [9.17, 15) is 9.18 Å². The van der Waals surface area contributed by atoms with Crippen LogP contribution < -0.4 is 10.6 Å². The first-order valence-corrected chi connectivity index (χ1v) is 6.02. The Morgan fingerprint density at radius 2 is 1.78 bits per heavy atom. The van der Waals surface area contributed by atoms with Crippen LogP contribution in [0, 0.1) is 5.82 Å². The SMILES string of the molecule is O=C(Nc1ccccc1)Nc1cc(F)ccc1Br. The van der Waals surface area contributed by atoms with Crippen molar-refractivity contribution in [3.8, 4) is 0 Å². The molecule has 92 valence electrons. The van der Waals surface area contributed by atoms with Gasteiger partial charge in [-0.3, -0.25) is 0 Å². The fourth-order valence-corrected chi connectivity index (χ4v) is 1.75. The lowest BCUT2D eigenvalue weighted by molar-refractivity contribution is 0.262. The Morgan fingerprint density at radius 1 is 1.06 bits per heavy atom. The highest BCUT2D eigenvalue weighted by molar-refractivity contribution is 9.10. The molecular formula is C13H10BrFN2O. The summed E-state index contributed by atoms with van der Waals surface area (Å²) in [5, 5.41) is 5.21. The maximum absolute atomic E-state index is 13.0. The Morgan fingerprint density at radius 3 is 2.50 bits per heavy atom. The fourth-order valence-electron chi connectivity index (χ4n) is 1.40. The van der Waals surface area contributed by atoms with Crippen molar-refractivity contribution < 1.29 is 9.18 Å². The molecule has 2 aromatic carbocycles. The molecule has 3 nitrogen and oxygen atoms in total. The molecule has 5 heteroatoms. The van der Waals surface area contributed by atoms with Crippen molar-refractivity contribution in [3.63, 3.8) is 0 Å². The minimum atomic E-state index is -0.424. The van der Waals surface area contributed by atoms with Crippen LogP contribution in [0.5, 0.6) is 0 Å². The van der Waals surface area contributed by atoms with Gasteiger partial charge < -0.3 is 10.6 Å². The molecule has 0 saturated carbocycles. The molecule has 2 aromatic rings. The maximum atomic E-state index is 13.0. The van der Waals surface area contributed by atoms with Crippen molar-refractivity contribution in [2.75, 3.05) is 10.6 Å². The zero-order valence-corrected chi connectivity index (χ0v) is 10.9. The van der Waals surface area contributed by atoms with E-state index in [0.29, 0.717) is 15.8 Å². The average molecular weight is 309 g/mol. The second-order valence-electron chi connectivity index (χ2n) is 3.57. The summed E-state index contributed by atoms with van der Waals surface area (Å²) in [5.74, 6) is -0.409. The van der Waals surface area contributed by atoms with E-state index < -0.39 is 11.8 Å². The molecule has 0 aliphatic rings. The Bertz CT molecular complexity index is 560. The minimum Gasteiger partial charge on any atom is -0.308 e. The lowest BCUT2D eigenvalue weighted by Crippen LogP contribution is -2.19. The molecule has 0 fully saturated rings. The topological polar surface area (TPSA) is 41.1 Å². The molecule has 18 heavy (non-hydrogen) atoms. The molecule has 0 aliphatic heterocycles. The molecule has 2 N–H and O–H groups in total. The van der Waals surface area contributed by atoms with Crippen LogP contribution in [0.2, 0.25) is 0 Å². The molecule has 0 aliphatic carbocycles. The van der Waals surface area contributed by atoms with Gasteiger partial charge in [0.05, 0.1) is 5.69 Å². The molecule has 0 unspecified atom stereocenters. The summed E-state index contributed by atoms with van der Waals surface area (Å²) in [7, 11) is 0. The second-order valence-corrected chi connectivity index (χ2v) is 4.42. The molecule has 0 aromatic heterocycles. The number of carbonyl (C=O) groups excluding carboxylic acids is 1. The lowest BCUT2D eigenvalue weighted by atomic mass is 10.3. The van der Waals surface area contributed by atoms with E-state index in [4.69, 9.17) is 0 Å². The number of benzene rings is 2. The number of anilines is 2. The minimum absolute atomic E-state index is 0.378. The van der Waals surface area contributed by atoms with Crippen molar-refractivity contribution in [1.29, 1.82) is 0 Å². The Hall–Kier alpha value is -1.88. The highest BCUT2D eigenvalue weighted by atomic mass is 79.9. The first-order valence-electron chi connectivity index (χ1n) is 5.23. The van der Waals surface area contributed by atoms with Gasteiger partial charge in [0.25, 0.3) is 0 Å². The van der Waals surface area contributed by atoms with Gasteiger partial charge in [0.2, 0.25) is 0 Å². The molecule has 2 rings (SSSR count). The lowest BCUT2D eigenvalue weighted by Gasteiger charge is -2.09. The van der Waals surface area contributed by atoms with Crippen LogP contribution in [-0.2, 0) is 0 Å². The highest BCUT2D eigenvalue weighted by Gasteiger charge is 2.06. The number of nitrogens with one attached hydrogen (secondary N) is 2. The van der Waals surface area contributed by atoms with E-state index in [1.807, 2.05) is 18.2 Å². The van der Waals surface area contributed by atoms with Gasteiger partial charge in [0.15, 0.2) is 0 Å². The molecule has 0 radical (unpaired) electrons. The summed E-state index contributed by atoms with van der Waals surface area (Å²) >= 11 is 3.24. The number of hydrogen-bond donors (Lipinski definition) is 2. The van der Waals surface area contributed by atoms with Crippen LogP contribution in [0.15, 0.2) is 53.0 Å². The molecule has 0 saturated heterocycles. The standard InChI is InChI=1S/C13H10BrFN2O/c14-11-7-6-9(15)8-12(11)17-13(18)16-10-4-2-1-3-5-10/h1-8H,(H2,16,17,18). The summed E-state index contributed by atoms with van der Waals surface area (Å²) in [6.45, 7) is 0. The van der Waals surface area contributed by atoms with Crippen molar-refractivity contribution in [3.05, 3.63) is 58.8 Å². The molecular weight excluding hydrogens is 299 g/mol. The van der Waals surface area contributed by atoms with Gasteiger partial charge in [0, 0.05) is 10.2 Å². The van der Waals surface area contributed by atoms with E-state index >= 15 is 0 Å².